The number of hydrogen-bond acceptors (Lipinski definition) is 1. The Kier molecular flexibility index (Phi) is 8.47. The van der Waals surface area contributed by atoms with Gasteiger partial charge < -0.3 is 4.74 Å². The molecule has 140 valence electrons. The highest BCUT2D eigenvalue weighted by atomic mass is 16.5. The lowest BCUT2D eigenvalue weighted by molar-refractivity contribution is -0.0163. The van der Waals surface area contributed by atoms with Crippen LogP contribution in [0.25, 0.3) is 0 Å². The lowest BCUT2D eigenvalue weighted by atomic mass is 9.74. The highest BCUT2D eigenvalue weighted by Crippen LogP contribution is 2.37. The van der Waals surface area contributed by atoms with Crippen molar-refractivity contribution >= 4 is 0 Å². The third-order valence-electron chi connectivity index (χ3n) is 7.36. The molecule has 24 heavy (non-hydrogen) atoms. The Labute approximate surface area is 151 Å². The SMILES string of the molecule is C1CCCC2CCCCC2CCCCOC2CCCCC2CCC1. The second-order valence-corrected chi connectivity index (χ2v) is 9.10. The Hall–Kier alpha value is -0.0400. The van der Waals surface area contributed by atoms with E-state index in [4.69, 9.17) is 4.74 Å². The zero-order valence-electron chi connectivity index (χ0n) is 16.2. The molecule has 0 amide bonds. The molecule has 3 rings (SSSR count). The molecule has 2 aliphatic carbocycles. The van der Waals surface area contributed by atoms with Crippen molar-refractivity contribution < 1.29 is 4.74 Å². The number of hydrogen-bond donors (Lipinski definition) is 0. The molecule has 1 heterocycles. The van der Waals surface area contributed by atoms with E-state index in [2.05, 4.69) is 0 Å². The molecule has 2 saturated carbocycles. The molecule has 4 atom stereocenters. The van der Waals surface area contributed by atoms with E-state index in [-0.39, 0.29) is 0 Å². The molecule has 1 saturated heterocycles. The van der Waals surface area contributed by atoms with E-state index < -0.39 is 0 Å². The highest BCUT2D eigenvalue weighted by Gasteiger charge is 2.26. The Morgan fingerprint density at radius 2 is 0.792 bits per heavy atom. The van der Waals surface area contributed by atoms with Crippen molar-refractivity contribution in [3.63, 3.8) is 0 Å². The molecule has 0 aromatic carbocycles. The second-order valence-electron chi connectivity index (χ2n) is 9.10. The van der Waals surface area contributed by atoms with Crippen LogP contribution < -0.4 is 0 Å². The second kappa shape index (κ2) is 10.8. The van der Waals surface area contributed by atoms with E-state index in [9.17, 15) is 0 Å². The maximum atomic E-state index is 6.38. The Morgan fingerprint density at radius 1 is 0.375 bits per heavy atom. The molecule has 1 nitrogen and oxygen atoms in total. The summed E-state index contributed by atoms with van der Waals surface area (Å²) < 4.78 is 6.38. The number of rotatable bonds is 0. The maximum absolute atomic E-state index is 6.38. The maximum Gasteiger partial charge on any atom is 0.0603 e. The fourth-order valence-electron chi connectivity index (χ4n) is 5.85. The summed E-state index contributed by atoms with van der Waals surface area (Å²) in [5, 5.41) is 0. The van der Waals surface area contributed by atoms with Gasteiger partial charge in [-0.2, -0.15) is 0 Å². The van der Waals surface area contributed by atoms with Gasteiger partial charge in [-0.05, 0) is 43.4 Å². The van der Waals surface area contributed by atoms with Crippen molar-refractivity contribution in [2.24, 2.45) is 17.8 Å². The van der Waals surface area contributed by atoms with Gasteiger partial charge in [0.25, 0.3) is 0 Å². The number of ether oxygens (including phenoxy) is 1. The molecule has 0 bridgehead atoms. The molecular formula is C23H42O. The van der Waals surface area contributed by atoms with Gasteiger partial charge >= 0.3 is 0 Å². The first kappa shape index (κ1) is 18.7. The predicted molar refractivity (Wildman–Crippen MR) is 103 cm³/mol. The molecule has 0 aromatic rings. The molecule has 0 N–H and O–H groups in total. The van der Waals surface area contributed by atoms with Crippen LogP contribution in [-0.2, 0) is 4.74 Å². The van der Waals surface area contributed by atoms with Gasteiger partial charge in [-0.15, -0.1) is 0 Å². The molecular weight excluding hydrogens is 292 g/mol. The fraction of sp³-hybridized carbons (Fsp3) is 1.00. The summed E-state index contributed by atoms with van der Waals surface area (Å²) in [4.78, 5) is 0. The van der Waals surface area contributed by atoms with E-state index in [0.29, 0.717) is 6.10 Å². The highest BCUT2D eigenvalue weighted by molar-refractivity contribution is 4.78. The largest absolute Gasteiger partial charge is 0.378 e. The molecule has 0 radical (unpaired) electrons. The minimum atomic E-state index is 0.606. The average Bonchev–Trinajstić information content (AvgIpc) is 2.62. The molecule has 1 heteroatoms. The first-order valence-electron chi connectivity index (χ1n) is 11.5. The van der Waals surface area contributed by atoms with Gasteiger partial charge in [0.2, 0.25) is 0 Å². The van der Waals surface area contributed by atoms with Crippen molar-refractivity contribution in [1.82, 2.24) is 0 Å². The summed E-state index contributed by atoms with van der Waals surface area (Å²) in [5.41, 5.74) is 0. The van der Waals surface area contributed by atoms with E-state index in [1.54, 1.807) is 0 Å². The zero-order chi connectivity index (χ0) is 16.5. The van der Waals surface area contributed by atoms with E-state index in [1.165, 1.54) is 116 Å². The van der Waals surface area contributed by atoms with Crippen molar-refractivity contribution in [3.05, 3.63) is 0 Å². The zero-order valence-corrected chi connectivity index (χ0v) is 16.2. The van der Waals surface area contributed by atoms with Gasteiger partial charge in [0.1, 0.15) is 0 Å². The topological polar surface area (TPSA) is 9.23 Å². The Bertz CT molecular complexity index is 296. The fourth-order valence-corrected chi connectivity index (χ4v) is 5.85. The monoisotopic (exact) mass is 334 g/mol. The van der Waals surface area contributed by atoms with Crippen molar-refractivity contribution in [3.8, 4) is 0 Å². The lowest BCUT2D eigenvalue weighted by Crippen LogP contribution is -2.28. The first-order valence-corrected chi connectivity index (χ1v) is 11.5. The van der Waals surface area contributed by atoms with E-state index in [1.807, 2.05) is 0 Å². The van der Waals surface area contributed by atoms with Crippen LogP contribution in [0.3, 0.4) is 0 Å². The summed E-state index contributed by atoms with van der Waals surface area (Å²) in [6, 6.07) is 0. The van der Waals surface area contributed by atoms with Gasteiger partial charge in [-0.1, -0.05) is 89.9 Å². The lowest BCUT2D eigenvalue weighted by Gasteiger charge is -2.33. The van der Waals surface area contributed by atoms with Crippen LogP contribution in [-0.4, -0.2) is 12.7 Å². The number of fused-ring (bicyclic) bond motifs is 2. The summed E-state index contributed by atoms with van der Waals surface area (Å²) in [7, 11) is 0. The summed E-state index contributed by atoms with van der Waals surface area (Å²) in [5.74, 6) is 3.00. The molecule has 4 unspecified atom stereocenters. The molecule has 3 aliphatic rings. The average molecular weight is 335 g/mol. The van der Waals surface area contributed by atoms with Gasteiger partial charge in [0.15, 0.2) is 0 Å². The van der Waals surface area contributed by atoms with Crippen LogP contribution in [0.1, 0.15) is 116 Å². The Balaban J connectivity index is 1.48. The molecule has 0 spiro atoms. The standard InChI is InChI=1S/C23H42O/c1-2-4-12-20-13-6-7-14-21(20)15-10-11-19-24-23-18-9-8-17-22(23)16-5-3-1/h20-23H,1-19H2. The van der Waals surface area contributed by atoms with E-state index >= 15 is 0 Å². The predicted octanol–water partition coefficient (Wildman–Crippen LogP) is 7.28. The third-order valence-corrected chi connectivity index (χ3v) is 7.36. The quantitative estimate of drug-likeness (QED) is 0.452. The van der Waals surface area contributed by atoms with Crippen LogP contribution >= 0.6 is 0 Å². The Morgan fingerprint density at radius 3 is 1.42 bits per heavy atom. The van der Waals surface area contributed by atoms with Gasteiger partial charge in [-0.25, -0.2) is 0 Å². The molecule has 0 aromatic heterocycles. The van der Waals surface area contributed by atoms with Crippen LogP contribution in [0.5, 0.6) is 0 Å². The first-order chi connectivity index (χ1) is 11.9. The van der Waals surface area contributed by atoms with Gasteiger partial charge in [-0.3, -0.25) is 0 Å². The molecule has 3 fully saturated rings. The minimum Gasteiger partial charge on any atom is -0.378 e. The van der Waals surface area contributed by atoms with Crippen LogP contribution in [0.4, 0.5) is 0 Å². The molecule has 1 aliphatic heterocycles. The van der Waals surface area contributed by atoms with Crippen molar-refractivity contribution in [2.75, 3.05) is 6.61 Å². The normalized spacial score (nSPS) is 38.0. The van der Waals surface area contributed by atoms with Crippen molar-refractivity contribution in [2.45, 2.75) is 122 Å². The summed E-state index contributed by atoms with van der Waals surface area (Å²) in [6.07, 6.45) is 26.9. The van der Waals surface area contributed by atoms with Crippen LogP contribution in [0.15, 0.2) is 0 Å². The third kappa shape index (κ3) is 6.04. The van der Waals surface area contributed by atoms with Crippen molar-refractivity contribution in [1.29, 1.82) is 0 Å². The van der Waals surface area contributed by atoms with Gasteiger partial charge in [0.05, 0.1) is 6.10 Å². The van der Waals surface area contributed by atoms with Crippen LogP contribution in [0, 0.1) is 17.8 Å². The summed E-state index contributed by atoms with van der Waals surface area (Å²) in [6.45, 7) is 1.04. The van der Waals surface area contributed by atoms with Gasteiger partial charge in [0, 0.05) is 6.61 Å². The van der Waals surface area contributed by atoms with E-state index in [0.717, 1.165) is 24.4 Å². The summed E-state index contributed by atoms with van der Waals surface area (Å²) >= 11 is 0. The van der Waals surface area contributed by atoms with Crippen LogP contribution in [0.2, 0.25) is 0 Å². The smallest absolute Gasteiger partial charge is 0.0603 e. The minimum absolute atomic E-state index is 0.606.